The molecule has 1 rings (SSSR count). The van der Waals surface area contributed by atoms with E-state index in [9.17, 15) is 13.2 Å². The molecule has 1 aromatic rings. The van der Waals surface area contributed by atoms with Crippen LogP contribution in [0, 0.1) is 17.5 Å². The Balaban J connectivity index is 2.85. The average Bonchev–Trinajstić information content (AvgIpc) is 2.20. The molecule has 0 heterocycles. The number of rotatable bonds is 3. The van der Waals surface area contributed by atoms with Crippen LogP contribution < -0.4 is 0 Å². The van der Waals surface area contributed by atoms with Gasteiger partial charge in [-0.2, -0.15) is 0 Å². The summed E-state index contributed by atoms with van der Waals surface area (Å²) < 4.78 is 45.0. The summed E-state index contributed by atoms with van der Waals surface area (Å²) in [4.78, 5) is 0. The van der Waals surface area contributed by atoms with Crippen molar-refractivity contribution in [2.75, 3.05) is 0 Å². The molecule has 102 valence electrons. The number of hydrogen-bond donors (Lipinski definition) is 0. The summed E-state index contributed by atoms with van der Waals surface area (Å²) in [6.45, 7) is 10.2. The van der Waals surface area contributed by atoms with Gasteiger partial charge >= 0.3 is 0 Å². The van der Waals surface area contributed by atoms with Gasteiger partial charge in [0.25, 0.3) is 0 Å². The molecule has 0 bridgehead atoms. The highest BCUT2D eigenvalue weighted by molar-refractivity contribution is 6.74. The van der Waals surface area contributed by atoms with Crippen molar-refractivity contribution in [1.82, 2.24) is 0 Å². The van der Waals surface area contributed by atoms with Crippen molar-refractivity contribution in [3.05, 3.63) is 35.1 Å². The first-order valence-corrected chi connectivity index (χ1v) is 8.73. The lowest BCUT2D eigenvalue weighted by Gasteiger charge is -2.36. The minimum atomic E-state index is -2.02. The topological polar surface area (TPSA) is 9.23 Å². The van der Waals surface area contributed by atoms with Gasteiger partial charge in [-0.15, -0.1) is 0 Å². The maximum atomic E-state index is 13.4. The van der Waals surface area contributed by atoms with Crippen LogP contribution in [0.1, 0.15) is 26.3 Å². The molecule has 0 amide bonds. The van der Waals surface area contributed by atoms with Crippen molar-refractivity contribution in [1.29, 1.82) is 0 Å². The lowest BCUT2D eigenvalue weighted by atomic mass is 10.2. The molecule has 1 nitrogen and oxygen atoms in total. The smallest absolute Gasteiger partial charge is 0.192 e. The second-order valence-corrected chi connectivity index (χ2v) is 10.7. The fraction of sp³-hybridized carbons (Fsp3) is 0.538. The van der Waals surface area contributed by atoms with Gasteiger partial charge in [0.15, 0.2) is 20.0 Å². The van der Waals surface area contributed by atoms with Gasteiger partial charge in [-0.3, -0.25) is 0 Å². The van der Waals surface area contributed by atoms with Crippen LogP contribution >= 0.6 is 0 Å². The molecule has 0 aromatic heterocycles. The first kappa shape index (κ1) is 15.2. The van der Waals surface area contributed by atoms with Crippen LogP contribution in [-0.4, -0.2) is 8.32 Å². The zero-order chi connectivity index (χ0) is 14.1. The van der Waals surface area contributed by atoms with Gasteiger partial charge in [0.1, 0.15) is 5.82 Å². The summed E-state index contributed by atoms with van der Waals surface area (Å²) in [5, 5.41) is -0.0119. The van der Waals surface area contributed by atoms with Crippen molar-refractivity contribution in [2.45, 2.75) is 45.5 Å². The Hall–Kier alpha value is -0.813. The third-order valence-corrected chi connectivity index (χ3v) is 7.96. The average molecular weight is 276 g/mol. The van der Waals surface area contributed by atoms with Gasteiger partial charge in [-0.25, -0.2) is 13.2 Å². The molecule has 0 radical (unpaired) electrons. The summed E-state index contributed by atoms with van der Waals surface area (Å²) >= 11 is 0. The Morgan fingerprint density at radius 3 is 2.00 bits per heavy atom. The van der Waals surface area contributed by atoms with Crippen LogP contribution in [0.3, 0.4) is 0 Å². The number of halogens is 3. The summed E-state index contributed by atoms with van der Waals surface area (Å²) in [5.74, 6) is -3.00. The number of benzene rings is 1. The first-order valence-electron chi connectivity index (χ1n) is 5.82. The van der Waals surface area contributed by atoms with E-state index >= 15 is 0 Å². The van der Waals surface area contributed by atoms with Gasteiger partial charge in [-0.05, 0) is 24.2 Å². The maximum Gasteiger partial charge on any atom is 0.192 e. The van der Waals surface area contributed by atoms with E-state index < -0.39 is 25.8 Å². The highest BCUT2D eigenvalue weighted by Crippen LogP contribution is 2.37. The first-order chi connectivity index (χ1) is 8.04. The molecular weight excluding hydrogens is 257 g/mol. The number of hydrogen-bond acceptors (Lipinski definition) is 1. The van der Waals surface area contributed by atoms with Crippen molar-refractivity contribution in [3.63, 3.8) is 0 Å². The van der Waals surface area contributed by atoms with E-state index in [1.807, 2.05) is 13.1 Å². The molecule has 0 atom stereocenters. The molecule has 0 saturated heterocycles. The quantitative estimate of drug-likeness (QED) is 0.578. The highest BCUT2D eigenvalue weighted by Gasteiger charge is 2.37. The lowest BCUT2D eigenvalue weighted by Crippen LogP contribution is -2.40. The van der Waals surface area contributed by atoms with Crippen LogP contribution in [0.5, 0.6) is 0 Å². The van der Waals surface area contributed by atoms with E-state index in [4.69, 9.17) is 4.43 Å². The van der Waals surface area contributed by atoms with E-state index in [0.29, 0.717) is 6.07 Å². The molecular formula is C13H19F3OSi. The molecule has 0 aliphatic carbocycles. The molecule has 0 saturated carbocycles. The molecule has 18 heavy (non-hydrogen) atoms. The third-order valence-electron chi connectivity index (χ3n) is 3.48. The van der Waals surface area contributed by atoms with E-state index in [1.54, 1.807) is 0 Å². The Labute approximate surface area is 107 Å². The Bertz CT molecular complexity index is 439. The van der Waals surface area contributed by atoms with Crippen molar-refractivity contribution < 1.29 is 17.6 Å². The van der Waals surface area contributed by atoms with Gasteiger partial charge in [0.2, 0.25) is 0 Å². The predicted molar refractivity (Wildman–Crippen MR) is 68.3 cm³/mol. The Morgan fingerprint density at radius 2 is 1.50 bits per heavy atom. The second kappa shape index (κ2) is 5.05. The molecule has 5 heteroatoms. The molecule has 0 aliphatic rings. The van der Waals surface area contributed by atoms with E-state index in [-0.39, 0.29) is 17.2 Å². The standard InChI is InChI=1S/C13H19F3OSi/c1-13(2,3)18(4,5)17-8-9-6-11(15)12(16)7-10(9)14/h6-7H,8H2,1-5H3. The van der Waals surface area contributed by atoms with Crippen LogP contribution in [0.25, 0.3) is 0 Å². The Kier molecular flexibility index (Phi) is 4.28. The van der Waals surface area contributed by atoms with Gasteiger partial charge in [0, 0.05) is 11.6 Å². The molecule has 0 fully saturated rings. The van der Waals surface area contributed by atoms with E-state index in [1.165, 1.54) is 0 Å². The van der Waals surface area contributed by atoms with Crippen LogP contribution in [0.2, 0.25) is 18.1 Å². The summed E-state index contributed by atoms with van der Waals surface area (Å²) in [5.41, 5.74) is 0.0544. The largest absolute Gasteiger partial charge is 0.412 e. The SMILES string of the molecule is CC(C)(C)[Si](C)(C)OCc1cc(F)c(F)cc1F. The fourth-order valence-electron chi connectivity index (χ4n) is 1.15. The zero-order valence-corrected chi connectivity index (χ0v) is 12.4. The second-order valence-electron chi connectivity index (χ2n) is 5.91. The van der Waals surface area contributed by atoms with Crippen molar-refractivity contribution in [2.24, 2.45) is 0 Å². The molecule has 0 aliphatic heterocycles. The molecule has 1 aromatic carbocycles. The summed E-state index contributed by atoms with van der Waals surface area (Å²) in [7, 11) is -2.02. The van der Waals surface area contributed by atoms with Crippen LogP contribution in [-0.2, 0) is 11.0 Å². The molecule has 0 unspecified atom stereocenters. The monoisotopic (exact) mass is 276 g/mol. The summed E-state index contributed by atoms with van der Waals surface area (Å²) in [6.07, 6.45) is 0. The van der Waals surface area contributed by atoms with Crippen LogP contribution in [0.15, 0.2) is 12.1 Å². The lowest BCUT2D eigenvalue weighted by molar-refractivity contribution is 0.270. The maximum absolute atomic E-state index is 13.4. The fourth-order valence-corrected chi connectivity index (χ4v) is 2.10. The summed E-state index contributed by atoms with van der Waals surface area (Å²) in [6, 6.07) is 1.41. The van der Waals surface area contributed by atoms with Crippen molar-refractivity contribution >= 4 is 8.32 Å². The minimum Gasteiger partial charge on any atom is -0.412 e. The van der Waals surface area contributed by atoms with Gasteiger partial charge in [0.05, 0.1) is 6.61 Å². The van der Waals surface area contributed by atoms with Gasteiger partial charge in [-0.1, -0.05) is 20.8 Å². The Morgan fingerprint density at radius 1 is 1.00 bits per heavy atom. The van der Waals surface area contributed by atoms with Crippen LogP contribution in [0.4, 0.5) is 13.2 Å². The third kappa shape index (κ3) is 3.35. The van der Waals surface area contributed by atoms with E-state index in [2.05, 4.69) is 20.8 Å². The molecule has 0 N–H and O–H groups in total. The normalized spacial score (nSPS) is 12.9. The zero-order valence-electron chi connectivity index (χ0n) is 11.4. The highest BCUT2D eigenvalue weighted by atomic mass is 28.4. The van der Waals surface area contributed by atoms with Crippen molar-refractivity contribution in [3.8, 4) is 0 Å². The van der Waals surface area contributed by atoms with Gasteiger partial charge < -0.3 is 4.43 Å². The molecule has 0 spiro atoms. The minimum absolute atomic E-state index is 0.0119. The predicted octanol–water partition coefficient (Wildman–Crippen LogP) is 4.63. The van der Waals surface area contributed by atoms with E-state index in [0.717, 1.165) is 6.07 Å².